The molecule has 630 valence electrons. The van der Waals surface area contributed by atoms with Crippen molar-refractivity contribution in [3.8, 4) is 23.0 Å². The molecule has 38 heteroatoms. The number of aromatic hydroxyl groups is 4. The van der Waals surface area contributed by atoms with E-state index in [0.29, 0.717) is 34.2 Å². The highest BCUT2D eigenvalue weighted by Gasteiger charge is 2.37. The number of hydrogen-bond donors (Lipinski definition) is 26. The van der Waals surface area contributed by atoms with Crippen LogP contribution in [-0.4, -0.2) is 214 Å². The Morgan fingerprint density at radius 3 is 0.888 bits per heavy atom. The molecule has 116 heavy (non-hydrogen) atoms. The average molecular weight is 1610 g/mol. The molecule has 0 radical (unpaired) electrons. The Bertz CT molecular complexity index is 4050. The number of hydrogen-bond acceptors (Lipinski definition) is 22. The van der Waals surface area contributed by atoms with E-state index in [4.69, 9.17) is 45.2 Å². The molecule has 0 spiro atoms. The normalized spacial score (nSPS) is 13.8. The van der Waals surface area contributed by atoms with Crippen molar-refractivity contribution in [2.24, 2.45) is 34.4 Å². The number of carbonyl (C=O) groups excluding carboxylic acids is 11. The molecule has 5 aromatic carbocycles. The van der Waals surface area contributed by atoms with Crippen molar-refractivity contribution >= 4 is 82.9 Å². The second kappa shape index (κ2) is 49.7. The van der Waals surface area contributed by atoms with Gasteiger partial charge in [-0.15, -0.1) is 0 Å². The zero-order valence-corrected chi connectivity index (χ0v) is 64.6. The molecule has 0 fully saturated rings. The van der Waals surface area contributed by atoms with Crippen LogP contribution in [0.5, 0.6) is 23.0 Å². The minimum Gasteiger partial charge on any atom is -0.508 e. The molecule has 11 amide bonds. The van der Waals surface area contributed by atoms with Gasteiger partial charge in [-0.05, 0) is 174 Å². The fourth-order valence-electron chi connectivity index (χ4n) is 11.9. The van der Waals surface area contributed by atoms with Crippen LogP contribution in [0.2, 0.25) is 0 Å². The topological polar surface area (TPSA) is 666 Å². The molecule has 5 aromatic rings. The third kappa shape index (κ3) is 34.7. The largest absolute Gasteiger partial charge is 0.508 e. The Hall–Kier alpha value is -12.7. The third-order valence-electron chi connectivity index (χ3n) is 18.3. The number of phenols is 4. The summed E-state index contributed by atoms with van der Waals surface area (Å²) in [5.74, 6) is -12.6. The molecule has 0 aromatic heterocycles. The molecular formula is C78H111N21O17. The van der Waals surface area contributed by atoms with Gasteiger partial charge in [-0.3, -0.25) is 63.6 Å². The van der Waals surface area contributed by atoms with Gasteiger partial charge in [0.25, 0.3) is 0 Å². The number of guanidine groups is 2. The fraction of sp³-hybridized carbons (Fsp3) is 0.436. The fourth-order valence-corrected chi connectivity index (χ4v) is 11.9. The van der Waals surface area contributed by atoms with Gasteiger partial charge < -0.3 is 129 Å². The van der Waals surface area contributed by atoms with Crippen LogP contribution >= 0.6 is 0 Å². The van der Waals surface area contributed by atoms with Crippen molar-refractivity contribution in [1.29, 1.82) is 10.8 Å². The highest BCUT2D eigenvalue weighted by Crippen LogP contribution is 2.19. The maximum absolute atomic E-state index is 14.9. The van der Waals surface area contributed by atoms with Gasteiger partial charge in [0.15, 0.2) is 11.9 Å². The molecule has 0 heterocycles. The number of nitrogens with two attached hydrogens (primary N) is 6. The number of carboxylic acids is 1. The monoisotopic (exact) mass is 1610 g/mol. The Kier molecular flexibility index (Phi) is 40.3. The Morgan fingerprint density at radius 2 is 0.578 bits per heavy atom. The highest BCUT2D eigenvalue weighted by molar-refractivity contribution is 5.99. The third-order valence-corrected chi connectivity index (χ3v) is 18.3. The summed E-state index contributed by atoms with van der Waals surface area (Å²) in [4.78, 5) is 171. The number of carbonyl (C=O) groups is 12. The molecule has 0 aliphatic heterocycles. The van der Waals surface area contributed by atoms with Crippen LogP contribution in [0.3, 0.4) is 0 Å². The predicted octanol–water partition coefficient (Wildman–Crippen LogP) is -3.45. The summed E-state index contributed by atoms with van der Waals surface area (Å²) in [5.41, 5.74) is 36.6. The minimum absolute atomic E-state index is 0.0189. The Labute approximate surface area is 671 Å². The van der Waals surface area contributed by atoms with Crippen LogP contribution < -0.4 is 104 Å². The summed E-state index contributed by atoms with van der Waals surface area (Å²) in [5, 5.41) is 100. The lowest BCUT2D eigenvalue weighted by molar-refractivity contribution is -0.142. The van der Waals surface area contributed by atoms with Crippen LogP contribution in [0.4, 0.5) is 0 Å². The maximum Gasteiger partial charge on any atom is 0.326 e. The molecule has 5 rings (SSSR count). The first-order valence-corrected chi connectivity index (χ1v) is 38.1. The smallest absolute Gasteiger partial charge is 0.326 e. The number of carboxylic acid groups (broad SMARTS) is 1. The Morgan fingerprint density at radius 1 is 0.319 bits per heavy atom. The van der Waals surface area contributed by atoms with Crippen LogP contribution in [0.15, 0.2) is 127 Å². The molecule has 38 nitrogen and oxygen atoms in total. The first-order valence-electron chi connectivity index (χ1n) is 38.1. The first-order chi connectivity index (χ1) is 55.3. The van der Waals surface area contributed by atoms with Gasteiger partial charge in [0.05, 0.1) is 12.6 Å². The first kappa shape index (κ1) is 93.9. The molecule has 0 saturated heterocycles. The van der Waals surface area contributed by atoms with Gasteiger partial charge in [-0.1, -0.05) is 78.9 Å². The predicted molar refractivity (Wildman–Crippen MR) is 429 cm³/mol. The van der Waals surface area contributed by atoms with Gasteiger partial charge in [-0.25, -0.2) is 4.79 Å². The molecule has 0 unspecified atom stereocenters. The zero-order chi connectivity index (χ0) is 85.2. The van der Waals surface area contributed by atoms with E-state index in [1.54, 1.807) is 30.3 Å². The summed E-state index contributed by atoms with van der Waals surface area (Å²) < 4.78 is 0. The van der Waals surface area contributed by atoms with E-state index >= 15 is 0 Å². The highest BCUT2D eigenvalue weighted by atomic mass is 16.4. The Balaban J connectivity index is 1.43. The summed E-state index contributed by atoms with van der Waals surface area (Å²) in [6.07, 6.45) is -0.517. The summed E-state index contributed by atoms with van der Waals surface area (Å²) in [7, 11) is 0. The molecular weight excluding hydrogens is 1500 g/mol. The van der Waals surface area contributed by atoms with Crippen LogP contribution in [0.25, 0.3) is 0 Å². The number of rotatable bonds is 51. The second-order valence-electron chi connectivity index (χ2n) is 27.8. The number of amides is 11. The lowest BCUT2D eigenvalue weighted by Gasteiger charge is -2.28. The van der Waals surface area contributed by atoms with Gasteiger partial charge in [0.1, 0.15) is 83.4 Å². The number of unbranched alkanes of at least 4 members (excludes halogenated alkanes) is 1. The van der Waals surface area contributed by atoms with Crippen molar-refractivity contribution in [2.75, 3.05) is 39.3 Å². The standard InChI is InChI=1S/C78H111N21O17/c1-45(82)66(105)91-56(14-7-35-80)69(108)94-59(17-10-38-88-78(85)86)72(111)98-63(42-49-22-30-53(102)31-23-49)74(113)96-60(40-47-18-26-51(100)27-19-47)67(106)89-44-65(104)90-61(41-48-20-28-52(101)29-21-48)73(112)95-55(13-5-6-34-79)68(107)93-58(16-9-37-87-77(83)84)70(109)92-57(15-8-36-81)71(110)97-62(39-46-11-3-2-4-12-46)75(114)99-64(76(115)116)43-50-24-32-54(103)33-25-50/h2-4,11-12,18-33,45,55-64,100-103H,5-10,13-17,34-44,79-82H2,1H3,(H,89,106)(H,90,104)(H,91,105)(H,92,109)(H,93,107)(H,94,108)(H,95,112)(H,96,113)(H,97,110)(H,98,111)(H,99,114)(H,115,116)(H4,83,84,87)(H4,85,86,88)/t45-,55-,56-,57-,58-,59-,60-,61-,62-,63-,64-/m0/s1. The number of benzene rings is 5. The molecule has 0 saturated carbocycles. The summed E-state index contributed by atoms with van der Waals surface area (Å²) in [6, 6.07) is 15.1. The lowest BCUT2D eigenvalue weighted by atomic mass is 10.0. The van der Waals surface area contributed by atoms with Crippen molar-refractivity contribution in [1.82, 2.24) is 69.1 Å². The van der Waals surface area contributed by atoms with Crippen LogP contribution in [-0.2, 0) is 89.6 Å². The molecule has 11 atom stereocenters. The molecule has 0 bridgehead atoms. The van der Waals surface area contributed by atoms with Gasteiger partial charge in [0, 0.05) is 45.2 Å². The molecule has 32 N–H and O–H groups in total. The van der Waals surface area contributed by atoms with Crippen molar-refractivity contribution in [2.45, 2.75) is 176 Å². The lowest BCUT2D eigenvalue weighted by Crippen LogP contribution is -2.60. The van der Waals surface area contributed by atoms with E-state index < -0.39 is 150 Å². The van der Waals surface area contributed by atoms with Gasteiger partial charge >= 0.3 is 5.97 Å². The quantitative estimate of drug-likeness (QED) is 0.0102. The van der Waals surface area contributed by atoms with Crippen molar-refractivity contribution < 1.29 is 83.1 Å². The number of phenolic OH excluding ortho intramolecular Hbond substituents is 4. The van der Waals surface area contributed by atoms with Crippen LogP contribution in [0, 0.1) is 10.8 Å². The SMILES string of the molecule is C[C@H](N)C(=O)N[C@@H](CCCN)C(=O)N[C@@H](CCCNC(=N)N)C(=O)N[C@@H](Cc1ccc(O)cc1)C(=O)N[C@@H](Cc1ccc(O)cc1)C(=O)NCC(=O)N[C@@H](Cc1ccc(O)cc1)C(=O)N[C@@H](CCCCN)C(=O)N[C@@H](CCCNC(=N)N)C(=O)N[C@@H](CCCN)C(=O)N[C@@H](Cc1ccccc1)C(=O)N[C@@H](Cc1ccc(O)cc1)C(=O)O. The van der Waals surface area contributed by atoms with Crippen LogP contribution in [0.1, 0.15) is 105 Å². The maximum atomic E-state index is 14.9. The van der Waals surface area contributed by atoms with E-state index in [0.717, 1.165) is 0 Å². The number of aliphatic carboxylic acids is 1. The average Bonchev–Trinajstić information content (AvgIpc) is 0.854. The minimum atomic E-state index is -1.58. The van der Waals surface area contributed by atoms with E-state index in [1.807, 2.05) is 0 Å². The van der Waals surface area contributed by atoms with Crippen molar-refractivity contribution in [3.63, 3.8) is 0 Å². The zero-order valence-electron chi connectivity index (χ0n) is 64.6. The van der Waals surface area contributed by atoms with E-state index in [1.165, 1.54) is 104 Å². The van der Waals surface area contributed by atoms with E-state index in [9.17, 15) is 83.1 Å². The second-order valence-corrected chi connectivity index (χ2v) is 27.8. The number of nitrogens with one attached hydrogen (secondary N) is 15. The van der Waals surface area contributed by atoms with Gasteiger partial charge in [0.2, 0.25) is 65.0 Å². The molecule has 0 aliphatic rings. The molecule has 0 aliphatic carbocycles. The van der Waals surface area contributed by atoms with Crippen molar-refractivity contribution in [3.05, 3.63) is 155 Å². The summed E-state index contributed by atoms with van der Waals surface area (Å²) in [6.45, 7) is 0.940. The van der Waals surface area contributed by atoms with Gasteiger partial charge in [-0.2, -0.15) is 0 Å². The van der Waals surface area contributed by atoms with E-state index in [-0.39, 0.29) is 158 Å². The van der Waals surface area contributed by atoms with E-state index in [2.05, 4.69) is 69.1 Å². The summed E-state index contributed by atoms with van der Waals surface area (Å²) >= 11 is 0.